The average Bonchev–Trinajstić information content (AvgIpc) is 2.71. The third kappa shape index (κ3) is 6.20. The summed E-state index contributed by atoms with van der Waals surface area (Å²) in [6.45, 7) is 4.67. The first-order valence-electron chi connectivity index (χ1n) is 9.14. The number of rotatable bonds is 8. The molecule has 1 saturated heterocycles. The fourth-order valence-electron chi connectivity index (χ4n) is 2.91. The van der Waals surface area contributed by atoms with Crippen molar-refractivity contribution < 1.29 is 23.8 Å². The van der Waals surface area contributed by atoms with Crippen LogP contribution in [0.25, 0.3) is 0 Å². The Balaban J connectivity index is 1.80. The van der Waals surface area contributed by atoms with Gasteiger partial charge in [0.25, 0.3) is 0 Å². The molecule has 2 amide bonds. The van der Waals surface area contributed by atoms with Crippen molar-refractivity contribution in [3.63, 3.8) is 0 Å². The molecule has 0 bridgehead atoms. The second-order valence-corrected chi connectivity index (χ2v) is 6.47. The molecule has 1 aromatic rings. The second-order valence-electron chi connectivity index (χ2n) is 6.09. The molecule has 1 aromatic carbocycles. The van der Waals surface area contributed by atoms with E-state index in [-0.39, 0.29) is 24.5 Å². The van der Waals surface area contributed by atoms with E-state index in [0.29, 0.717) is 57.1 Å². The monoisotopic (exact) mass is 398 g/mol. The van der Waals surface area contributed by atoms with E-state index in [4.69, 9.17) is 25.8 Å². The molecule has 0 unspecified atom stereocenters. The fourth-order valence-corrected chi connectivity index (χ4v) is 2.98. The molecule has 0 radical (unpaired) electrons. The number of amides is 2. The van der Waals surface area contributed by atoms with Crippen LogP contribution >= 0.6 is 11.6 Å². The summed E-state index contributed by atoms with van der Waals surface area (Å²) in [5, 5.41) is 0. The Labute approximate surface area is 165 Å². The van der Waals surface area contributed by atoms with Gasteiger partial charge in [0.05, 0.1) is 19.6 Å². The normalized spacial score (nSPS) is 14.0. The van der Waals surface area contributed by atoms with Gasteiger partial charge in [-0.2, -0.15) is 0 Å². The second kappa shape index (κ2) is 10.9. The molecule has 150 valence electrons. The maximum absolute atomic E-state index is 12.5. The Morgan fingerprint density at radius 1 is 1.11 bits per heavy atom. The molecule has 2 rings (SSSR count). The van der Waals surface area contributed by atoms with Gasteiger partial charge in [-0.1, -0.05) is 6.07 Å². The van der Waals surface area contributed by atoms with Crippen LogP contribution in [0, 0.1) is 0 Å². The van der Waals surface area contributed by atoms with Gasteiger partial charge in [0.1, 0.15) is 6.61 Å². The van der Waals surface area contributed by atoms with E-state index in [9.17, 15) is 9.59 Å². The van der Waals surface area contributed by atoms with Crippen LogP contribution in [-0.4, -0.2) is 74.2 Å². The van der Waals surface area contributed by atoms with E-state index in [1.165, 1.54) is 0 Å². The van der Waals surface area contributed by atoms with E-state index in [1.54, 1.807) is 16.9 Å². The van der Waals surface area contributed by atoms with Crippen molar-refractivity contribution in [2.45, 2.75) is 19.8 Å². The van der Waals surface area contributed by atoms with E-state index < -0.39 is 0 Å². The predicted octanol–water partition coefficient (Wildman–Crippen LogP) is 2.55. The number of benzene rings is 1. The molecule has 1 aliphatic heterocycles. The van der Waals surface area contributed by atoms with Crippen molar-refractivity contribution in [1.29, 1.82) is 0 Å². The zero-order valence-electron chi connectivity index (χ0n) is 15.9. The van der Waals surface area contributed by atoms with Gasteiger partial charge in [0, 0.05) is 32.6 Å². The Morgan fingerprint density at radius 3 is 2.44 bits per heavy atom. The zero-order chi connectivity index (χ0) is 19.6. The minimum Gasteiger partial charge on any atom is -0.493 e. The Hall–Kier alpha value is -2.15. The number of nitrogens with zero attached hydrogens (tertiary/aromatic N) is 2. The van der Waals surface area contributed by atoms with Gasteiger partial charge in [-0.05, 0) is 31.0 Å². The van der Waals surface area contributed by atoms with Crippen LogP contribution in [0.1, 0.15) is 18.9 Å². The van der Waals surface area contributed by atoms with Gasteiger partial charge in [-0.3, -0.25) is 4.79 Å². The molecule has 0 aromatic heterocycles. The number of hydrogen-bond acceptors (Lipinski definition) is 5. The Kier molecular flexibility index (Phi) is 8.51. The number of carbonyl (C=O) groups excluding carboxylic acids is 2. The first kappa shape index (κ1) is 21.2. The van der Waals surface area contributed by atoms with Crippen LogP contribution in [0.4, 0.5) is 4.79 Å². The first-order valence-corrected chi connectivity index (χ1v) is 9.67. The summed E-state index contributed by atoms with van der Waals surface area (Å²) < 4.78 is 15.9. The van der Waals surface area contributed by atoms with Crippen LogP contribution in [0.2, 0.25) is 0 Å². The van der Waals surface area contributed by atoms with Gasteiger partial charge in [-0.25, -0.2) is 4.79 Å². The number of alkyl halides is 1. The Morgan fingerprint density at radius 2 is 1.81 bits per heavy atom. The van der Waals surface area contributed by atoms with Crippen LogP contribution < -0.4 is 9.47 Å². The highest BCUT2D eigenvalue weighted by Gasteiger charge is 2.24. The third-order valence-electron chi connectivity index (χ3n) is 4.35. The lowest BCUT2D eigenvalue weighted by atomic mass is 10.1. The lowest BCUT2D eigenvalue weighted by molar-refractivity contribution is -0.132. The number of piperazine rings is 1. The molecular weight excluding hydrogens is 372 g/mol. The number of halogens is 1. The molecule has 0 aliphatic carbocycles. The van der Waals surface area contributed by atoms with Crippen molar-refractivity contribution >= 4 is 23.6 Å². The van der Waals surface area contributed by atoms with Crippen LogP contribution in [0.3, 0.4) is 0 Å². The standard InChI is InChI=1S/C19H27ClN2O5/c1-3-26-16-6-4-15(14-17(16)25-2)5-7-18(23)21-9-11-22(12-10-21)19(24)27-13-8-20/h4,6,14H,3,5,7-13H2,1-2H3. The summed E-state index contributed by atoms with van der Waals surface area (Å²) in [4.78, 5) is 27.7. The highest BCUT2D eigenvalue weighted by Crippen LogP contribution is 2.28. The predicted molar refractivity (Wildman–Crippen MR) is 103 cm³/mol. The zero-order valence-corrected chi connectivity index (χ0v) is 16.7. The summed E-state index contributed by atoms with van der Waals surface area (Å²) in [6.07, 6.45) is 0.664. The van der Waals surface area contributed by atoms with Crippen molar-refractivity contribution in [2.24, 2.45) is 0 Å². The van der Waals surface area contributed by atoms with E-state index in [0.717, 1.165) is 5.56 Å². The SMILES string of the molecule is CCOc1ccc(CCC(=O)N2CCN(C(=O)OCCCl)CC2)cc1OC. The molecule has 1 heterocycles. The van der Waals surface area contributed by atoms with Crippen molar-refractivity contribution in [2.75, 3.05) is 52.4 Å². The van der Waals surface area contributed by atoms with Gasteiger partial charge < -0.3 is 24.0 Å². The minimum absolute atomic E-state index is 0.0802. The number of hydrogen-bond donors (Lipinski definition) is 0. The van der Waals surface area contributed by atoms with Crippen LogP contribution in [0.15, 0.2) is 18.2 Å². The number of carbonyl (C=O) groups is 2. The lowest BCUT2D eigenvalue weighted by Crippen LogP contribution is -2.50. The molecular formula is C19H27ClN2O5. The largest absolute Gasteiger partial charge is 0.493 e. The van der Waals surface area contributed by atoms with Crippen molar-refractivity contribution in [1.82, 2.24) is 9.80 Å². The van der Waals surface area contributed by atoms with Crippen LogP contribution in [-0.2, 0) is 16.0 Å². The van der Waals surface area contributed by atoms with Crippen LogP contribution in [0.5, 0.6) is 11.5 Å². The van der Waals surface area contributed by atoms with Gasteiger partial charge >= 0.3 is 6.09 Å². The first-order chi connectivity index (χ1) is 13.1. The molecule has 0 saturated carbocycles. The van der Waals surface area contributed by atoms with Gasteiger partial charge in [0.2, 0.25) is 5.91 Å². The van der Waals surface area contributed by atoms with E-state index >= 15 is 0 Å². The maximum atomic E-state index is 12.5. The summed E-state index contributed by atoms with van der Waals surface area (Å²) in [5.74, 6) is 1.73. The summed E-state index contributed by atoms with van der Waals surface area (Å²) >= 11 is 5.51. The number of methoxy groups -OCH3 is 1. The van der Waals surface area contributed by atoms with Gasteiger partial charge in [-0.15, -0.1) is 11.6 Å². The number of aryl methyl sites for hydroxylation is 1. The molecule has 7 nitrogen and oxygen atoms in total. The molecule has 0 spiro atoms. The highest BCUT2D eigenvalue weighted by molar-refractivity contribution is 6.18. The molecule has 0 atom stereocenters. The van der Waals surface area contributed by atoms with Crippen molar-refractivity contribution in [3.05, 3.63) is 23.8 Å². The molecule has 0 N–H and O–H groups in total. The Bertz CT molecular complexity index is 633. The number of ether oxygens (including phenoxy) is 3. The molecule has 1 fully saturated rings. The molecule has 8 heteroatoms. The molecule has 27 heavy (non-hydrogen) atoms. The highest BCUT2D eigenvalue weighted by atomic mass is 35.5. The average molecular weight is 399 g/mol. The van der Waals surface area contributed by atoms with E-state index in [2.05, 4.69) is 0 Å². The minimum atomic E-state index is -0.371. The quantitative estimate of drug-likeness (QED) is 0.629. The lowest BCUT2D eigenvalue weighted by Gasteiger charge is -2.34. The third-order valence-corrected chi connectivity index (χ3v) is 4.50. The summed E-state index contributed by atoms with van der Waals surface area (Å²) in [7, 11) is 1.60. The summed E-state index contributed by atoms with van der Waals surface area (Å²) in [6, 6.07) is 5.72. The fraction of sp³-hybridized carbons (Fsp3) is 0.579. The van der Waals surface area contributed by atoms with E-state index in [1.807, 2.05) is 25.1 Å². The topological polar surface area (TPSA) is 68.3 Å². The van der Waals surface area contributed by atoms with Crippen molar-refractivity contribution in [3.8, 4) is 11.5 Å². The maximum Gasteiger partial charge on any atom is 0.409 e. The smallest absolute Gasteiger partial charge is 0.409 e. The molecule has 1 aliphatic rings. The van der Waals surface area contributed by atoms with Gasteiger partial charge in [0.15, 0.2) is 11.5 Å². The summed E-state index contributed by atoms with van der Waals surface area (Å²) in [5.41, 5.74) is 1.02.